The first kappa shape index (κ1) is 12.5. The molecule has 0 amide bonds. The highest BCUT2D eigenvalue weighted by Crippen LogP contribution is 2.23. The maximum absolute atomic E-state index is 8.85. The van der Waals surface area contributed by atoms with E-state index < -0.39 is 0 Å². The number of hydrogen-bond donors (Lipinski definition) is 1. The van der Waals surface area contributed by atoms with Crippen LogP contribution >= 0.6 is 11.6 Å². The van der Waals surface area contributed by atoms with Crippen molar-refractivity contribution in [3.05, 3.63) is 47.0 Å². The lowest BCUT2D eigenvalue weighted by Crippen LogP contribution is -2.06. The van der Waals surface area contributed by atoms with Crippen LogP contribution in [0.4, 0.5) is 5.69 Å². The summed E-state index contributed by atoms with van der Waals surface area (Å²) in [6.45, 7) is 3.57. The van der Waals surface area contributed by atoms with Gasteiger partial charge in [0.05, 0.1) is 40.9 Å². The number of nitrogens with zero attached hydrogens (tertiary/aromatic N) is 3. The zero-order chi connectivity index (χ0) is 13.0. The molecule has 0 unspecified atom stereocenters. The molecule has 18 heavy (non-hydrogen) atoms. The second kappa shape index (κ2) is 5.56. The number of halogens is 1. The number of rotatable bonds is 4. The third kappa shape index (κ3) is 2.63. The highest BCUT2D eigenvalue weighted by molar-refractivity contribution is 6.33. The highest BCUT2D eigenvalue weighted by Gasteiger charge is 2.04. The second-order valence-electron chi connectivity index (χ2n) is 3.83. The minimum Gasteiger partial charge on any atom is -0.378 e. The first-order valence-corrected chi connectivity index (χ1v) is 6.05. The normalized spacial score (nSPS) is 10.1. The molecule has 4 nitrogen and oxygen atoms in total. The van der Waals surface area contributed by atoms with Crippen molar-refractivity contribution in [1.82, 2.24) is 9.55 Å². The number of imidazole rings is 1. The molecular formula is C13H13ClN4. The first-order valence-electron chi connectivity index (χ1n) is 5.67. The number of hydrogen-bond acceptors (Lipinski definition) is 3. The molecule has 0 fully saturated rings. The molecular weight excluding hydrogens is 248 g/mol. The van der Waals surface area contributed by atoms with Gasteiger partial charge in [0, 0.05) is 12.7 Å². The molecule has 0 saturated carbocycles. The summed E-state index contributed by atoms with van der Waals surface area (Å²) in [6.07, 6.45) is 3.61. The molecule has 0 radical (unpaired) electrons. The van der Waals surface area contributed by atoms with Crippen LogP contribution in [0, 0.1) is 11.3 Å². The number of aryl methyl sites for hydroxylation is 1. The largest absolute Gasteiger partial charge is 0.378 e. The van der Waals surface area contributed by atoms with Gasteiger partial charge < -0.3 is 9.88 Å². The van der Waals surface area contributed by atoms with E-state index in [1.807, 2.05) is 6.20 Å². The number of benzene rings is 1. The second-order valence-corrected chi connectivity index (χ2v) is 4.24. The topological polar surface area (TPSA) is 53.6 Å². The maximum Gasteiger partial charge on any atom is 0.0992 e. The van der Waals surface area contributed by atoms with Crippen molar-refractivity contribution in [2.75, 3.05) is 5.32 Å². The lowest BCUT2D eigenvalue weighted by Gasteiger charge is -2.10. The van der Waals surface area contributed by atoms with Crippen molar-refractivity contribution in [3.8, 4) is 6.07 Å². The van der Waals surface area contributed by atoms with E-state index >= 15 is 0 Å². The van der Waals surface area contributed by atoms with Crippen LogP contribution in [0.15, 0.2) is 30.7 Å². The van der Waals surface area contributed by atoms with Gasteiger partial charge in [-0.25, -0.2) is 4.98 Å². The SMILES string of the molecule is CCn1cncc1CNc1cc(C#N)ccc1Cl. The van der Waals surface area contributed by atoms with Gasteiger partial charge in [-0.15, -0.1) is 0 Å². The van der Waals surface area contributed by atoms with Crippen LogP contribution in [0.5, 0.6) is 0 Å². The Morgan fingerprint density at radius 1 is 1.50 bits per heavy atom. The third-order valence-corrected chi connectivity index (χ3v) is 3.02. The van der Waals surface area contributed by atoms with E-state index in [0.717, 1.165) is 17.9 Å². The molecule has 0 atom stereocenters. The Morgan fingerprint density at radius 3 is 3.06 bits per heavy atom. The molecule has 0 spiro atoms. The predicted molar refractivity (Wildman–Crippen MR) is 71.4 cm³/mol. The standard InChI is InChI=1S/C13H13ClN4/c1-2-18-9-16-7-11(18)8-17-13-5-10(6-15)3-4-12(13)14/h3-5,7,9,17H,2,8H2,1H3. The van der Waals surface area contributed by atoms with Crippen molar-refractivity contribution in [3.63, 3.8) is 0 Å². The van der Waals surface area contributed by atoms with Crippen LogP contribution in [0.1, 0.15) is 18.2 Å². The summed E-state index contributed by atoms with van der Waals surface area (Å²) < 4.78 is 2.05. The van der Waals surface area contributed by atoms with Crippen LogP contribution in [0.2, 0.25) is 5.02 Å². The molecule has 0 aliphatic heterocycles. The van der Waals surface area contributed by atoms with Crippen LogP contribution in [0.25, 0.3) is 0 Å². The predicted octanol–water partition coefficient (Wildman–Crippen LogP) is 3.04. The minimum atomic E-state index is 0.589. The number of nitriles is 1. The summed E-state index contributed by atoms with van der Waals surface area (Å²) in [6, 6.07) is 7.26. The van der Waals surface area contributed by atoms with Gasteiger partial charge in [0.25, 0.3) is 0 Å². The quantitative estimate of drug-likeness (QED) is 0.919. The molecule has 2 aromatic rings. The molecule has 2 rings (SSSR count). The van der Waals surface area contributed by atoms with E-state index in [9.17, 15) is 0 Å². The summed E-state index contributed by atoms with van der Waals surface area (Å²) in [5.41, 5.74) is 2.43. The fourth-order valence-corrected chi connectivity index (χ4v) is 1.88. The minimum absolute atomic E-state index is 0.589. The van der Waals surface area contributed by atoms with Crippen LogP contribution in [-0.4, -0.2) is 9.55 Å². The number of anilines is 1. The molecule has 0 aliphatic rings. The monoisotopic (exact) mass is 260 g/mol. The smallest absolute Gasteiger partial charge is 0.0992 e. The summed E-state index contributed by atoms with van der Waals surface area (Å²) in [4.78, 5) is 4.10. The van der Waals surface area contributed by atoms with E-state index in [4.69, 9.17) is 16.9 Å². The van der Waals surface area contributed by atoms with E-state index in [2.05, 4.69) is 27.9 Å². The van der Waals surface area contributed by atoms with Gasteiger partial charge in [-0.05, 0) is 25.1 Å². The zero-order valence-corrected chi connectivity index (χ0v) is 10.8. The van der Waals surface area contributed by atoms with E-state index in [1.165, 1.54) is 0 Å². The van der Waals surface area contributed by atoms with Crippen molar-refractivity contribution >= 4 is 17.3 Å². The first-order chi connectivity index (χ1) is 8.74. The Balaban J connectivity index is 2.13. The van der Waals surface area contributed by atoms with Gasteiger partial charge >= 0.3 is 0 Å². The summed E-state index contributed by atoms with van der Waals surface area (Å²) >= 11 is 6.07. The lowest BCUT2D eigenvalue weighted by atomic mass is 10.2. The molecule has 0 saturated heterocycles. The maximum atomic E-state index is 8.85. The molecule has 1 aromatic carbocycles. The fraction of sp³-hybridized carbons (Fsp3) is 0.231. The van der Waals surface area contributed by atoms with Gasteiger partial charge in [0.1, 0.15) is 0 Å². The molecule has 0 bridgehead atoms. The van der Waals surface area contributed by atoms with Gasteiger partial charge in [-0.2, -0.15) is 5.26 Å². The molecule has 1 heterocycles. The Bertz CT molecular complexity index is 583. The summed E-state index contributed by atoms with van der Waals surface area (Å²) in [5, 5.41) is 12.7. The Morgan fingerprint density at radius 2 is 2.33 bits per heavy atom. The van der Waals surface area contributed by atoms with Crippen molar-refractivity contribution < 1.29 is 0 Å². The Kier molecular flexibility index (Phi) is 3.85. The summed E-state index contributed by atoms with van der Waals surface area (Å²) in [5.74, 6) is 0. The van der Waals surface area contributed by atoms with Crippen molar-refractivity contribution in [2.24, 2.45) is 0 Å². The Hall–Kier alpha value is -1.99. The van der Waals surface area contributed by atoms with Crippen molar-refractivity contribution in [2.45, 2.75) is 20.0 Å². The van der Waals surface area contributed by atoms with Crippen LogP contribution < -0.4 is 5.32 Å². The molecule has 92 valence electrons. The Labute approximate surface area is 111 Å². The van der Waals surface area contributed by atoms with E-state index in [0.29, 0.717) is 17.1 Å². The average molecular weight is 261 g/mol. The third-order valence-electron chi connectivity index (χ3n) is 2.69. The van der Waals surface area contributed by atoms with E-state index in [-0.39, 0.29) is 0 Å². The molecule has 1 N–H and O–H groups in total. The molecule has 5 heteroatoms. The van der Waals surface area contributed by atoms with E-state index in [1.54, 1.807) is 24.5 Å². The van der Waals surface area contributed by atoms with Crippen LogP contribution in [0.3, 0.4) is 0 Å². The number of nitrogens with one attached hydrogen (secondary N) is 1. The summed E-state index contributed by atoms with van der Waals surface area (Å²) in [7, 11) is 0. The number of aromatic nitrogens is 2. The fourth-order valence-electron chi connectivity index (χ4n) is 1.70. The van der Waals surface area contributed by atoms with Gasteiger partial charge in [0.2, 0.25) is 0 Å². The van der Waals surface area contributed by atoms with Crippen LogP contribution in [-0.2, 0) is 13.1 Å². The lowest BCUT2D eigenvalue weighted by molar-refractivity contribution is 0.719. The molecule has 1 aromatic heterocycles. The van der Waals surface area contributed by atoms with Gasteiger partial charge in [0.15, 0.2) is 0 Å². The average Bonchev–Trinajstić information content (AvgIpc) is 2.85. The van der Waals surface area contributed by atoms with Crippen molar-refractivity contribution in [1.29, 1.82) is 5.26 Å². The van der Waals surface area contributed by atoms with Gasteiger partial charge in [-0.3, -0.25) is 0 Å². The molecule has 0 aliphatic carbocycles. The van der Waals surface area contributed by atoms with Gasteiger partial charge in [-0.1, -0.05) is 11.6 Å². The zero-order valence-electron chi connectivity index (χ0n) is 10.0. The highest BCUT2D eigenvalue weighted by atomic mass is 35.5.